The summed E-state index contributed by atoms with van der Waals surface area (Å²) in [5, 5.41) is 10.6. The average molecular weight is 538 g/mol. The van der Waals surface area contributed by atoms with E-state index in [-0.39, 0.29) is 0 Å². The molecule has 7 nitrogen and oxygen atoms in total. The zero-order valence-electron chi connectivity index (χ0n) is 19.6. The van der Waals surface area contributed by atoms with Gasteiger partial charge in [0.25, 0.3) is 5.60 Å². The fraction of sp³-hybridized carbons (Fsp3) is 0.417. The van der Waals surface area contributed by atoms with E-state index in [9.17, 15) is 41.0 Å². The molecule has 0 aliphatic heterocycles. The lowest BCUT2D eigenvalue weighted by molar-refractivity contribution is -0.315. The summed E-state index contributed by atoms with van der Waals surface area (Å²) in [7, 11) is 0.486. The molecule has 0 fully saturated rings. The van der Waals surface area contributed by atoms with Gasteiger partial charge >= 0.3 is 24.3 Å². The third-order valence-corrected chi connectivity index (χ3v) is 5.26. The van der Waals surface area contributed by atoms with Crippen LogP contribution in [0.15, 0.2) is 60.7 Å². The van der Waals surface area contributed by atoms with Crippen molar-refractivity contribution in [3.63, 3.8) is 0 Å². The van der Waals surface area contributed by atoms with Gasteiger partial charge in [0, 0.05) is 12.7 Å². The van der Waals surface area contributed by atoms with Crippen LogP contribution in [0.3, 0.4) is 0 Å². The van der Waals surface area contributed by atoms with E-state index in [1.807, 2.05) is 0 Å². The molecule has 0 bridgehead atoms. The highest BCUT2D eigenvalue weighted by atomic mass is 19.4. The van der Waals surface area contributed by atoms with Gasteiger partial charge in [0.1, 0.15) is 0 Å². The van der Waals surface area contributed by atoms with Gasteiger partial charge in [-0.25, -0.2) is 9.59 Å². The smallest absolute Gasteiger partial charge is 0.432 e. The zero-order valence-corrected chi connectivity index (χ0v) is 19.6. The van der Waals surface area contributed by atoms with E-state index >= 15 is 0 Å². The van der Waals surface area contributed by atoms with Crippen molar-refractivity contribution < 1.29 is 60.0 Å². The van der Waals surface area contributed by atoms with Crippen molar-refractivity contribution in [3.8, 4) is 0 Å². The molecule has 13 heteroatoms. The number of halogens is 6. The summed E-state index contributed by atoms with van der Waals surface area (Å²) in [6, 6.07) is 12.9. The molecule has 0 aliphatic rings. The van der Waals surface area contributed by atoms with Crippen molar-refractivity contribution in [3.05, 3.63) is 71.8 Å². The molecular formula is C24H24F6O7. The molecule has 0 aromatic heterocycles. The molecule has 0 amide bonds. The number of aliphatic hydroxyl groups is 1. The van der Waals surface area contributed by atoms with E-state index in [0.717, 1.165) is 24.3 Å². The Kier molecular flexibility index (Phi) is 9.69. The maximum Gasteiger partial charge on any atom is 0.432 e. The van der Waals surface area contributed by atoms with Crippen molar-refractivity contribution in [1.82, 2.24) is 0 Å². The summed E-state index contributed by atoms with van der Waals surface area (Å²) in [6.45, 7) is -1.51. The second kappa shape index (κ2) is 11.9. The topological polar surface area (TPSA) is 91.3 Å². The molecule has 0 saturated carbocycles. The molecule has 2 aromatic rings. The number of hydrogen-bond donors (Lipinski definition) is 1. The fourth-order valence-electron chi connectivity index (χ4n) is 3.34. The van der Waals surface area contributed by atoms with E-state index in [0.29, 0.717) is 12.7 Å². The summed E-state index contributed by atoms with van der Waals surface area (Å²) in [5.41, 5.74) is -8.67. The number of carbonyl (C=O) groups excluding carboxylic acids is 2. The summed E-state index contributed by atoms with van der Waals surface area (Å²) in [4.78, 5) is 25.4. The largest absolute Gasteiger partial charge is 0.463 e. The van der Waals surface area contributed by atoms with Gasteiger partial charge in [-0.2, -0.15) is 26.3 Å². The molecule has 0 aliphatic carbocycles. The van der Waals surface area contributed by atoms with Gasteiger partial charge in [-0.3, -0.25) is 0 Å². The minimum atomic E-state index is -5.72. The Morgan fingerprint density at radius 2 is 1.43 bits per heavy atom. The molecule has 0 spiro atoms. The standard InChI is InChI=1S/C24H24F6O7/c1-3-36-19(31)18(21(33,23(25,26)27)15-35-14-16-10-6-4-7-11-16)37-20(32)22(34-2,24(28,29)30)17-12-8-5-9-13-17/h4-13,18,33H,3,14-15H2,1-2H3/t18-,21-,22-/m1/s1. The second-order valence-electron chi connectivity index (χ2n) is 7.69. The number of carbonyl (C=O) groups is 2. The molecule has 204 valence electrons. The maximum atomic E-state index is 14.2. The molecular weight excluding hydrogens is 514 g/mol. The van der Waals surface area contributed by atoms with Crippen LogP contribution in [-0.2, 0) is 40.7 Å². The second-order valence-corrected chi connectivity index (χ2v) is 7.69. The highest BCUT2D eigenvalue weighted by molar-refractivity contribution is 5.86. The van der Waals surface area contributed by atoms with Crippen molar-refractivity contribution in [1.29, 1.82) is 0 Å². The Balaban J connectivity index is 2.52. The van der Waals surface area contributed by atoms with Crippen LogP contribution in [-0.4, -0.2) is 61.4 Å². The van der Waals surface area contributed by atoms with Gasteiger partial charge in [-0.05, 0) is 12.5 Å². The predicted molar refractivity (Wildman–Crippen MR) is 115 cm³/mol. The first kappa shape index (κ1) is 30.1. The molecule has 3 atom stereocenters. The third-order valence-electron chi connectivity index (χ3n) is 5.26. The van der Waals surface area contributed by atoms with Gasteiger partial charge in [0.05, 0.1) is 19.8 Å². The van der Waals surface area contributed by atoms with Crippen molar-refractivity contribution >= 4 is 11.9 Å². The Morgan fingerprint density at radius 3 is 1.89 bits per heavy atom. The van der Waals surface area contributed by atoms with Crippen LogP contribution in [0.25, 0.3) is 0 Å². The maximum absolute atomic E-state index is 14.2. The first-order valence-electron chi connectivity index (χ1n) is 10.7. The zero-order chi connectivity index (χ0) is 27.9. The van der Waals surface area contributed by atoms with E-state index in [4.69, 9.17) is 4.74 Å². The average Bonchev–Trinajstić information content (AvgIpc) is 2.83. The lowest BCUT2D eigenvalue weighted by Crippen LogP contribution is -2.64. The van der Waals surface area contributed by atoms with Crippen LogP contribution in [0, 0.1) is 0 Å². The number of benzene rings is 2. The molecule has 37 heavy (non-hydrogen) atoms. The van der Waals surface area contributed by atoms with E-state index in [1.165, 1.54) is 25.1 Å². The Morgan fingerprint density at radius 1 is 0.892 bits per heavy atom. The normalized spacial score (nSPS) is 16.2. The number of rotatable bonds is 11. The highest BCUT2D eigenvalue weighted by Gasteiger charge is 2.68. The van der Waals surface area contributed by atoms with Gasteiger partial charge in [0.15, 0.2) is 0 Å². The lowest BCUT2D eigenvalue weighted by atomic mass is 9.91. The van der Waals surface area contributed by atoms with E-state index in [2.05, 4.69) is 14.2 Å². The molecule has 0 radical (unpaired) electrons. The SMILES string of the molecule is CCOC(=O)[C@@H](OC(=O)[C@](OC)(c1ccccc1)C(F)(F)F)[C@](O)(COCc1ccccc1)C(F)(F)F. The van der Waals surface area contributed by atoms with Crippen LogP contribution < -0.4 is 0 Å². The number of alkyl halides is 6. The summed E-state index contributed by atoms with van der Waals surface area (Å²) in [6.07, 6.45) is -14.6. The van der Waals surface area contributed by atoms with Crippen LogP contribution in [0.5, 0.6) is 0 Å². The number of methoxy groups -OCH3 is 1. The summed E-state index contributed by atoms with van der Waals surface area (Å²) >= 11 is 0. The van der Waals surface area contributed by atoms with Crippen LogP contribution in [0.1, 0.15) is 18.1 Å². The first-order chi connectivity index (χ1) is 17.2. The summed E-state index contributed by atoms with van der Waals surface area (Å²) in [5.74, 6) is -4.38. The van der Waals surface area contributed by atoms with Crippen LogP contribution >= 0.6 is 0 Å². The van der Waals surface area contributed by atoms with Gasteiger partial charge in [0.2, 0.25) is 11.7 Å². The molecule has 2 aromatic carbocycles. The Bertz CT molecular complexity index is 1030. The quantitative estimate of drug-likeness (QED) is 0.341. The van der Waals surface area contributed by atoms with Crippen molar-refractivity contribution in [2.24, 2.45) is 0 Å². The van der Waals surface area contributed by atoms with Gasteiger partial charge in [-0.1, -0.05) is 60.7 Å². The molecule has 0 unspecified atom stereocenters. The predicted octanol–water partition coefficient (Wildman–Crippen LogP) is 4.08. The van der Waals surface area contributed by atoms with Crippen LogP contribution in [0.4, 0.5) is 26.3 Å². The van der Waals surface area contributed by atoms with E-state index < -0.39 is 67.0 Å². The number of ether oxygens (including phenoxy) is 4. The minimum absolute atomic E-state index is 0.385. The van der Waals surface area contributed by atoms with E-state index in [1.54, 1.807) is 18.2 Å². The molecule has 0 saturated heterocycles. The number of esters is 2. The van der Waals surface area contributed by atoms with Crippen LogP contribution in [0.2, 0.25) is 0 Å². The Labute approximate surface area is 207 Å². The number of hydrogen-bond acceptors (Lipinski definition) is 7. The molecule has 2 rings (SSSR count). The van der Waals surface area contributed by atoms with Gasteiger partial charge in [-0.15, -0.1) is 0 Å². The van der Waals surface area contributed by atoms with Crippen molar-refractivity contribution in [2.45, 2.75) is 43.2 Å². The Hall–Kier alpha value is -3.16. The molecule has 1 N–H and O–H groups in total. The third kappa shape index (κ3) is 6.40. The monoisotopic (exact) mass is 538 g/mol. The van der Waals surface area contributed by atoms with Gasteiger partial charge < -0.3 is 24.1 Å². The highest BCUT2D eigenvalue weighted by Crippen LogP contribution is 2.44. The fourth-order valence-corrected chi connectivity index (χ4v) is 3.34. The first-order valence-corrected chi connectivity index (χ1v) is 10.7. The minimum Gasteiger partial charge on any atom is -0.463 e. The molecule has 0 heterocycles. The lowest BCUT2D eigenvalue weighted by Gasteiger charge is -2.38. The van der Waals surface area contributed by atoms with Crippen molar-refractivity contribution in [2.75, 3.05) is 20.3 Å². The summed E-state index contributed by atoms with van der Waals surface area (Å²) < 4.78 is 103.